The largest absolute Gasteiger partial charge is 0.506 e. The molecule has 0 aliphatic rings. The Labute approximate surface area is 96.6 Å². The van der Waals surface area contributed by atoms with Gasteiger partial charge in [-0.2, -0.15) is 0 Å². The highest BCUT2D eigenvalue weighted by Gasteiger charge is 2.15. The van der Waals surface area contributed by atoms with Crippen molar-refractivity contribution in [1.82, 2.24) is 0 Å². The number of carbonyl (C=O) groups is 1. The molecule has 0 bridgehead atoms. The van der Waals surface area contributed by atoms with Crippen LogP contribution in [0.25, 0.3) is 11.1 Å². The van der Waals surface area contributed by atoms with Gasteiger partial charge in [-0.3, -0.25) is 4.79 Å². The Morgan fingerprint density at radius 1 is 1.25 bits per heavy atom. The third-order valence-electron chi connectivity index (χ3n) is 2.22. The Bertz CT molecular complexity index is 502. The Morgan fingerprint density at radius 3 is 2.56 bits per heavy atom. The van der Waals surface area contributed by atoms with Gasteiger partial charge >= 0.3 is 5.97 Å². The first-order valence-electron chi connectivity index (χ1n) is 4.75. The predicted molar refractivity (Wildman–Crippen MR) is 62.8 cm³/mol. The fourth-order valence-electron chi connectivity index (χ4n) is 1.57. The molecule has 82 valence electrons. The topological polar surface area (TPSA) is 57.5 Å². The maximum absolute atomic E-state index is 10.7. The zero-order valence-electron chi connectivity index (χ0n) is 8.38. The molecule has 4 heteroatoms. The lowest BCUT2D eigenvalue weighted by molar-refractivity contribution is -0.136. The summed E-state index contributed by atoms with van der Waals surface area (Å²) in [7, 11) is 0. The first-order chi connectivity index (χ1) is 7.68. The third kappa shape index (κ3) is 2.06. The van der Waals surface area contributed by atoms with Gasteiger partial charge in [0.05, 0.1) is 6.42 Å². The number of benzene rings is 1. The lowest BCUT2D eigenvalue weighted by Gasteiger charge is -2.02. The highest BCUT2D eigenvalue weighted by atomic mass is 32.1. The molecule has 2 aromatic rings. The quantitative estimate of drug-likeness (QED) is 0.858. The molecule has 0 atom stereocenters. The average Bonchev–Trinajstić information content (AvgIpc) is 2.60. The molecule has 2 N–H and O–H groups in total. The number of aromatic hydroxyl groups is 1. The minimum absolute atomic E-state index is 0.0601. The number of thiophene rings is 1. The summed E-state index contributed by atoms with van der Waals surface area (Å²) in [5.41, 5.74) is 1.48. The van der Waals surface area contributed by atoms with Crippen LogP contribution in [0.1, 0.15) is 4.88 Å². The molecule has 0 radical (unpaired) electrons. The number of carboxylic acids is 1. The van der Waals surface area contributed by atoms with Gasteiger partial charge in [-0.05, 0) is 5.56 Å². The lowest BCUT2D eigenvalue weighted by atomic mass is 10.0. The summed E-state index contributed by atoms with van der Waals surface area (Å²) in [6.07, 6.45) is -0.0601. The molecule has 0 saturated carbocycles. The minimum Gasteiger partial charge on any atom is -0.506 e. The predicted octanol–water partition coefficient (Wildman–Crippen LogP) is 2.75. The van der Waals surface area contributed by atoms with Crippen molar-refractivity contribution in [3.63, 3.8) is 0 Å². The van der Waals surface area contributed by atoms with Gasteiger partial charge in [0.25, 0.3) is 0 Å². The van der Waals surface area contributed by atoms with Crippen LogP contribution < -0.4 is 0 Å². The van der Waals surface area contributed by atoms with E-state index >= 15 is 0 Å². The second kappa shape index (κ2) is 4.37. The number of hydrogen-bond acceptors (Lipinski definition) is 3. The maximum atomic E-state index is 10.7. The van der Waals surface area contributed by atoms with Crippen molar-refractivity contribution in [1.29, 1.82) is 0 Å². The van der Waals surface area contributed by atoms with Crippen LogP contribution >= 0.6 is 11.3 Å². The van der Waals surface area contributed by atoms with Crippen molar-refractivity contribution in [2.75, 3.05) is 0 Å². The fraction of sp³-hybridized carbons (Fsp3) is 0.0833. The van der Waals surface area contributed by atoms with E-state index in [2.05, 4.69) is 0 Å². The van der Waals surface area contributed by atoms with Crippen LogP contribution in [0, 0.1) is 0 Å². The molecule has 0 unspecified atom stereocenters. The summed E-state index contributed by atoms with van der Waals surface area (Å²) in [6.45, 7) is 0. The van der Waals surface area contributed by atoms with E-state index in [0.29, 0.717) is 10.4 Å². The summed E-state index contributed by atoms with van der Waals surface area (Å²) >= 11 is 1.27. The van der Waals surface area contributed by atoms with Crippen LogP contribution in [0.2, 0.25) is 0 Å². The van der Waals surface area contributed by atoms with E-state index in [9.17, 15) is 9.90 Å². The van der Waals surface area contributed by atoms with Gasteiger partial charge in [-0.1, -0.05) is 30.3 Å². The molecule has 0 fully saturated rings. The van der Waals surface area contributed by atoms with E-state index in [4.69, 9.17) is 5.11 Å². The van der Waals surface area contributed by atoms with E-state index < -0.39 is 5.97 Å². The van der Waals surface area contributed by atoms with Crippen LogP contribution in [-0.4, -0.2) is 16.2 Å². The standard InChI is InChI=1S/C12H10O3S/c13-9-7-16-10(6-11(14)15)12(9)8-4-2-1-3-5-8/h1-5,7,13H,6H2,(H,14,15). The second-order valence-electron chi connectivity index (χ2n) is 3.36. The lowest BCUT2D eigenvalue weighted by Crippen LogP contribution is -1.99. The Morgan fingerprint density at radius 2 is 1.94 bits per heavy atom. The molecular weight excluding hydrogens is 224 g/mol. The fourth-order valence-corrected chi connectivity index (χ4v) is 2.49. The molecule has 1 heterocycles. The molecular formula is C12H10O3S. The monoisotopic (exact) mass is 234 g/mol. The highest BCUT2D eigenvalue weighted by molar-refractivity contribution is 7.11. The van der Waals surface area contributed by atoms with Crippen molar-refractivity contribution in [3.8, 4) is 16.9 Å². The Kier molecular flexibility index (Phi) is 2.92. The number of aliphatic carboxylic acids is 1. The van der Waals surface area contributed by atoms with Gasteiger partial charge in [0.1, 0.15) is 5.75 Å². The molecule has 0 amide bonds. The third-order valence-corrected chi connectivity index (χ3v) is 3.20. The zero-order valence-corrected chi connectivity index (χ0v) is 9.20. The zero-order chi connectivity index (χ0) is 11.5. The van der Waals surface area contributed by atoms with Gasteiger partial charge in [0.2, 0.25) is 0 Å². The molecule has 0 spiro atoms. The minimum atomic E-state index is -0.890. The average molecular weight is 234 g/mol. The molecule has 1 aromatic heterocycles. The molecule has 3 nitrogen and oxygen atoms in total. The van der Waals surface area contributed by atoms with Crippen LogP contribution in [0.15, 0.2) is 35.7 Å². The highest BCUT2D eigenvalue weighted by Crippen LogP contribution is 2.37. The first kappa shape index (κ1) is 10.7. The van der Waals surface area contributed by atoms with E-state index in [1.54, 1.807) is 5.38 Å². The van der Waals surface area contributed by atoms with E-state index in [1.165, 1.54) is 11.3 Å². The van der Waals surface area contributed by atoms with Gasteiger partial charge in [-0.15, -0.1) is 11.3 Å². The Balaban J connectivity index is 2.47. The summed E-state index contributed by atoms with van der Waals surface area (Å²) < 4.78 is 0. The van der Waals surface area contributed by atoms with E-state index in [1.807, 2.05) is 30.3 Å². The molecule has 0 saturated heterocycles. The summed E-state index contributed by atoms with van der Waals surface area (Å²) in [4.78, 5) is 11.4. The second-order valence-corrected chi connectivity index (χ2v) is 4.32. The molecule has 0 aliphatic carbocycles. The van der Waals surface area contributed by atoms with Gasteiger partial charge in [0, 0.05) is 15.8 Å². The molecule has 16 heavy (non-hydrogen) atoms. The molecule has 2 rings (SSSR count). The van der Waals surface area contributed by atoms with E-state index in [-0.39, 0.29) is 12.2 Å². The first-order valence-corrected chi connectivity index (χ1v) is 5.63. The van der Waals surface area contributed by atoms with Gasteiger partial charge in [-0.25, -0.2) is 0 Å². The molecule has 1 aromatic carbocycles. The summed E-state index contributed by atoms with van der Waals surface area (Å²) in [5, 5.41) is 20.1. The normalized spacial score (nSPS) is 10.2. The number of rotatable bonds is 3. The number of hydrogen-bond donors (Lipinski definition) is 2. The van der Waals surface area contributed by atoms with Crippen molar-refractivity contribution < 1.29 is 15.0 Å². The van der Waals surface area contributed by atoms with Crippen molar-refractivity contribution in [3.05, 3.63) is 40.6 Å². The van der Waals surface area contributed by atoms with Crippen LogP contribution in [0.3, 0.4) is 0 Å². The Hall–Kier alpha value is -1.81. The smallest absolute Gasteiger partial charge is 0.308 e. The van der Waals surface area contributed by atoms with Gasteiger partial charge in [0.15, 0.2) is 0 Å². The van der Waals surface area contributed by atoms with Crippen LogP contribution in [-0.2, 0) is 11.2 Å². The SMILES string of the molecule is O=C(O)Cc1scc(O)c1-c1ccccc1. The van der Waals surface area contributed by atoms with Crippen molar-refractivity contribution in [2.24, 2.45) is 0 Å². The van der Waals surface area contributed by atoms with Gasteiger partial charge < -0.3 is 10.2 Å². The molecule has 0 aliphatic heterocycles. The maximum Gasteiger partial charge on any atom is 0.308 e. The van der Waals surface area contributed by atoms with Crippen molar-refractivity contribution in [2.45, 2.75) is 6.42 Å². The van der Waals surface area contributed by atoms with Crippen molar-refractivity contribution >= 4 is 17.3 Å². The van der Waals surface area contributed by atoms with E-state index in [0.717, 1.165) is 5.56 Å². The summed E-state index contributed by atoms with van der Waals surface area (Å²) in [6, 6.07) is 9.30. The van der Waals surface area contributed by atoms with Crippen LogP contribution in [0.4, 0.5) is 0 Å². The van der Waals surface area contributed by atoms with Crippen LogP contribution in [0.5, 0.6) is 5.75 Å². The summed E-state index contributed by atoms with van der Waals surface area (Å²) in [5.74, 6) is -0.744. The number of carboxylic acid groups (broad SMARTS) is 1.